The number of rotatable bonds is 1. The Balaban J connectivity index is 2.89. The fourth-order valence-corrected chi connectivity index (χ4v) is 1.35. The van der Waals surface area contributed by atoms with E-state index in [-0.39, 0.29) is 16.5 Å². The molecule has 2 N–H and O–H groups in total. The number of benzene rings is 1. The quantitative estimate of drug-likeness (QED) is 0.717. The van der Waals surface area contributed by atoms with Crippen LogP contribution in [0.4, 0.5) is 13.2 Å². The fraction of sp³-hybridized carbons (Fsp3) is 0. The summed E-state index contributed by atoms with van der Waals surface area (Å²) in [7, 11) is 0. The molecule has 0 unspecified atom stereocenters. The van der Waals surface area contributed by atoms with Gasteiger partial charge in [0.25, 0.3) is 0 Å². The number of hydrogen-bond donors (Lipinski definition) is 2. The Morgan fingerprint density at radius 3 is 2.53 bits per heavy atom. The summed E-state index contributed by atoms with van der Waals surface area (Å²) in [4.78, 5) is 12.9. The fourth-order valence-electron chi connectivity index (χ4n) is 1.35. The minimum absolute atomic E-state index is 0.195. The first-order valence-corrected chi connectivity index (χ1v) is 3.90. The molecule has 15 heavy (non-hydrogen) atoms. The first kappa shape index (κ1) is 9.57. The minimum Gasteiger partial charge on any atom is -0.478 e. The molecule has 0 saturated carbocycles. The number of carboxylic acids is 1. The van der Waals surface area contributed by atoms with Crippen molar-refractivity contribution in [3.63, 3.8) is 0 Å². The highest BCUT2D eigenvalue weighted by Gasteiger charge is 2.19. The molecule has 0 aliphatic carbocycles. The number of aromatic carboxylic acids is 1. The second kappa shape index (κ2) is 3.01. The molecule has 2 aromatic rings. The van der Waals surface area contributed by atoms with E-state index in [1.807, 2.05) is 0 Å². The Hall–Kier alpha value is -1.98. The highest BCUT2D eigenvalue weighted by molar-refractivity contribution is 6.03. The predicted octanol–water partition coefficient (Wildman–Crippen LogP) is 2.28. The van der Waals surface area contributed by atoms with Gasteiger partial charge < -0.3 is 10.1 Å². The Kier molecular flexibility index (Phi) is 1.92. The molecule has 78 valence electrons. The van der Waals surface area contributed by atoms with Gasteiger partial charge in [0.05, 0.1) is 11.1 Å². The van der Waals surface area contributed by atoms with Gasteiger partial charge >= 0.3 is 5.97 Å². The lowest BCUT2D eigenvalue weighted by Crippen LogP contribution is -1.96. The van der Waals surface area contributed by atoms with E-state index in [1.54, 1.807) is 0 Å². The summed E-state index contributed by atoms with van der Waals surface area (Å²) in [6.45, 7) is 0. The van der Waals surface area contributed by atoms with Crippen LogP contribution in [0.1, 0.15) is 10.4 Å². The number of aromatic amines is 1. The summed E-state index contributed by atoms with van der Waals surface area (Å²) in [5.41, 5.74) is -0.658. The molecule has 1 aromatic carbocycles. The molecule has 0 amide bonds. The molecule has 0 fully saturated rings. The van der Waals surface area contributed by atoms with Crippen LogP contribution in [0.5, 0.6) is 0 Å². The number of fused-ring (bicyclic) bond motifs is 1. The van der Waals surface area contributed by atoms with Crippen molar-refractivity contribution in [2.75, 3.05) is 0 Å². The average Bonchev–Trinajstić information content (AvgIpc) is 2.58. The van der Waals surface area contributed by atoms with E-state index in [2.05, 4.69) is 4.98 Å². The Bertz CT molecular complexity index is 562. The van der Waals surface area contributed by atoms with E-state index in [1.165, 1.54) is 0 Å². The van der Waals surface area contributed by atoms with Gasteiger partial charge in [-0.15, -0.1) is 0 Å². The molecule has 2 rings (SSSR count). The highest BCUT2D eigenvalue weighted by atomic mass is 19.2. The molecular weight excluding hydrogens is 211 g/mol. The molecule has 6 heteroatoms. The summed E-state index contributed by atoms with van der Waals surface area (Å²) in [5, 5.41) is 8.47. The first-order valence-electron chi connectivity index (χ1n) is 3.90. The molecule has 0 aliphatic rings. The van der Waals surface area contributed by atoms with Gasteiger partial charge in [0.2, 0.25) is 0 Å². The lowest BCUT2D eigenvalue weighted by molar-refractivity contribution is 0.0699. The van der Waals surface area contributed by atoms with E-state index < -0.39 is 23.4 Å². The molecular formula is C9H4F3NO2. The lowest BCUT2D eigenvalue weighted by Gasteiger charge is -1.97. The van der Waals surface area contributed by atoms with Crippen LogP contribution in [0.2, 0.25) is 0 Å². The molecule has 0 radical (unpaired) electrons. The summed E-state index contributed by atoms with van der Waals surface area (Å²) in [6.07, 6.45) is 0.981. The standard InChI is InChI=1S/C9H4F3NO2/c10-5-1-3-4(9(14)15)2-13-8(3)7(12)6(5)11/h1-2,13H,(H,14,15). The number of halogens is 3. The normalized spacial score (nSPS) is 10.9. The zero-order valence-electron chi connectivity index (χ0n) is 7.14. The molecule has 0 aliphatic heterocycles. The summed E-state index contributed by atoms with van der Waals surface area (Å²) in [5.74, 6) is -5.80. The predicted molar refractivity (Wildman–Crippen MR) is 45.1 cm³/mol. The summed E-state index contributed by atoms with van der Waals surface area (Å²) in [6, 6.07) is 0.647. The van der Waals surface area contributed by atoms with Gasteiger partial charge in [-0.2, -0.15) is 0 Å². The third-order valence-electron chi connectivity index (χ3n) is 2.04. The van der Waals surface area contributed by atoms with Crippen LogP contribution in [0, 0.1) is 17.5 Å². The van der Waals surface area contributed by atoms with Crippen molar-refractivity contribution >= 4 is 16.9 Å². The zero-order valence-corrected chi connectivity index (χ0v) is 7.14. The smallest absolute Gasteiger partial charge is 0.337 e. The molecule has 1 aromatic heterocycles. The van der Waals surface area contributed by atoms with Crippen molar-refractivity contribution in [2.45, 2.75) is 0 Å². The third kappa shape index (κ3) is 1.25. The Morgan fingerprint density at radius 1 is 1.27 bits per heavy atom. The molecule has 0 bridgehead atoms. The topological polar surface area (TPSA) is 53.1 Å². The number of nitrogens with one attached hydrogen (secondary N) is 1. The van der Waals surface area contributed by atoms with Crippen LogP contribution in [0.25, 0.3) is 10.9 Å². The minimum atomic E-state index is -1.62. The van der Waals surface area contributed by atoms with E-state index >= 15 is 0 Å². The molecule has 0 atom stereocenters. The van der Waals surface area contributed by atoms with Gasteiger partial charge in [0.1, 0.15) is 0 Å². The van der Waals surface area contributed by atoms with Crippen molar-refractivity contribution in [3.05, 3.63) is 35.3 Å². The highest BCUT2D eigenvalue weighted by Crippen LogP contribution is 2.25. The second-order valence-electron chi connectivity index (χ2n) is 2.92. The summed E-state index contributed by atoms with van der Waals surface area (Å²) < 4.78 is 38.7. The van der Waals surface area contributed by atoms with Crippen molar-refractivity contribution in [1.29, 1.82) is 0 Å². The molecule has 0 saturated heterocycles. The van der Waals surface area contributed by atoms with Gasteiger partial charge in [-0.25, -0.2) is 18.0 Å². The van der Waals surface area contributed by atoms with Crippen molar-refractivity contribution in [1.82, 2.24) is 4.98 Å². The lowest BCUT2D eigenvalue weighted by atomic mass is 10.1. The maximum absolute atomic E-state index is 13.1. The molecule has 0 spiro atoms. The van der Waals surface area contributed by atoms with Crippen LogP contribution in [0.3, 0.4) is 0 Å². The number of H-pyrrole nitrogens is 1. The van der Waals surface area contributed by atoms with Crippen LogP contribution in [-0.2, 0) is 0 Å². The van der Waals surface area contributed by atoms with Crippen LogP contribution < -0.4 is 0 Å². The van der Waals surface area contributed by atoms with E-state index in [4.69, 9.17) is 5.11 Å². The van der Waals surface area contributed by atoms with Gasteiger partial charge in [-0.1, -0.05) is 0 Å². The molecule has 3 nitrogen and oxygen atoms in total. The van der Waals surface area contributed by atoms with Crippen molar-refractivity contribution in [3.8, 4) is 0 Å². The van der Waals surface area contributed by atoms with Crippen LogP contribution in [-0.4, -0.2) is 16.1 Å². The summed E-state index contributed by atoms with van der Waals surface area (Å²) >= 11 is 0. The third-order valence-corrected chi connectivity index (χ3v) is 2.04. The SMILES string of the molecule is O=C(O)c1c[nH]c2c(F)c(F)c(F)cc12. The second-order valence-corrected chi connectivity index (χ2v) is 2.92. The van der Waals surface area contributed by atoms with Gasteiger partial charge in [0.15, 0.2) is 17.5 Å². The number of aromatic nitrogens is 1. The number of carbonyl (C=O) groups is 1. The Morgan fingerprint density at radius 2 is 1.93 bits per heavy atom. The van der Waals surface area contributed by atoms with E-state index in [9.17, 15) is 18.0 Å². The maximum atomic E-state index is 13.1. The Labute approximate surface area is 81.1 Å². The monoisotopic (exact) mass is 215 g/mol. The van der Waals surface area contributed by atoms with Crippen molar-refractivity contribution in [2.24, 2.45) is 0 Å². The van der Waals surface area contributed by atoms with Crippen LogP contribution in [0.15, 0.2) is 12.3 Å². The van der Waals surface area contributed by atoms with E-state index in [0.717, 1.165) is 6.20 Å². The van der Waals surface area contributed by atoms with Crippen molar-refractivity contribution < 1.29 is 23.1 Å². The van der Waals surface area contributed by atoms with Crippen LogP contribution >= 0.6 is 0 Å². The largest absolute Gasteiger partial charge is 0.478 e. The maximum Gasteiger partial charge on any atom is 0.337 e. The van der Waals surface area contributed by atoms with Gasteiger partial charge in [-0.3, -0.25) is 0 Å². The molecule has 1 heterocycles. The first-order chi connectivity index (χ1) is 7.02. The zero-order chi connectivity index (χ0) is 11.2. The number of hydrogen-bond acceptors (Lipinski definition) is 1. The van der Waals surface area contributed by atoms with Gasteiger partial charge in [-0.05, 0) is 6.07 Å². The average molecular weight is 215 g/mol. The van der Waals surface area contributed by atoms with Gasteiger partial charge in [0, 0.05) is 11.6 Å². The van der Waals surface area contributed by atoms with E-state index in [0.29, 0.717) is 6.07 Å². The number of carboxylic acid groups (broad SMARTS) is 1.